The Morgan fingerprint density at radius 2 is 1.73 bits per heavy atom. The van der Waals surface area contributed by atoms with Crippen molar-refractivity contribution in [3.05, 3.63) is 63.9 Å². The first-order valence-corrected chi connectivity index (χ1v) is 8.93. The van der Waals surface area contributed by atoms with Crippen molar-refractivity contribution in [2.75, 3.05) is 5.32 Å². The smallest absolute Gasteiger partial charge is 0.226 e. The van der Waals surface area contributed by atoms with E-state index in [4.69, 9.17) is 12.2 Å². The molecule has 0 aliphatic heterocycles. The van der Waals surface area contributed by atoms with Crippen LogP contribution in [0.15, 0.2) is 42.5 Å². The molecular weight excluding hydrogens is 344 g/mol. The number of hydrogen-bond donors (Lipinski definition) is 2. The summed E-state index contributed by atoms with van der Waals surface area (Å²) in [6.45, 7) is 6.54. The summed E-state index contributed by atoms with van der Waals surface area (Å²) in [6.07, 6.45) is 0.319. The van der Waals surface area contributed by atoms with Gasteiger partial charge in [0.15, 0.2) is 10.6 Å². The molecule has 0 fully saturated rings. The van der Waals surface area contributed by atoms with Crippen LogP contribution in [0, 0.1) is 25.5 Å². The summed E-state index contributed by atoms with van der Waals surface area (Å²) in [5.41, 5.74) is 5.22. The highest BCUT2D eigenvalue weighted by Gasteiger charge is 2.11. The van der Waals surface area contributed by atoms with Crippen molar-refractivity contribution in [3.63, 3.8) is 0 Å². The number of nitrogens with one attached hydrogen (secondary N) is 2. The van der Waals surface area contributed by atoms with Crippen molar-refractivity contribution < 1.29 is 4.79 Å². The maximum atomic E-state index is 12.3. The van der Waals surface area contributed by atoms with Crippen LogP contribution in [0.3, 0.4) is 0 Å². The van der Waals surface area contributed by atoms with E-state index in [9.17, 15) is 4.79 Å². The molecule has 6 heteroatoms. The lowest BCUT2D eigenvalue weighted by atomic mass is 10.1. The van der Waals surface area contributed by atoms with E-state index in [1.165, 1.54) is 5.56 Å². The molecule has 0 radical (unpaired) electrons. The Balaban J connectivity index is 1.71. The molecule has 0 spiro atoms. The standard InChI is InChI=1S/C20H22N4OS/c1-13-4-6-16(7-5-13)19-22-23-20(26)24(19)9-8-18(25)21-17-11-14(2)10-15(3)12-17/h4-7,10-12H,8-9H2,1-3H3,(H,21,25)(H,23,26). The number of carbonyl (C=O) groups excluding carboxylic acids is 1. The van der Waals surface area contributed by atoms with Crippen LogP contribution in [0.2, 0.25) is 0 Å². The molecule has 1 aromatic heterocycles. The van der Waals surface area contributed by atoms with Crippen LogP contribution in [-0.4, -0.2) is 20.7 Å². The Kier molecular flexibility index (Phi) is 5.32. The van der Waals surface area contributed by atoms with Crippen molar-refractivity contribution in [3.8, 4) is 11.4 Å². The lowest BCUT2D eigenvalue weighted by molar-refractivity contribution is -0.116. The van der Waals surface area contributed by atoms with Gasteiger partial charge in [-0.05, 0) is 56.2 Å². The molecule has 134 valence electrons. The van der Waals surface area contributed by atoms with Crippen LogP contribution in [0.25, 0.3) is 11.4 Å². The summed E-state index contributed by atoms with van der Waals surface area (Å²) in [7, 11) is 0. The van der Waals surface area contributed by atoms with Gasteiger partial charge in [0.25, 0.3) is 0 Å². The summed E-state index contributed by atoms with van der Waals surface area (Å²) < 4.78 is 2.38. The summed E-state index contributed by atoms with van der Waals surface area (Å²) in [6, 6.07) is 14.1. The number of aryl methyl sites for hydroxylation is 3. The number of benzene rings is 2. The molecule has 0 aliphatic rings. The second-order valence-electron chi connectivity index (χ2n) is 6.54. The fraction of sp³-hybridized carbons (Fsp3) is 0.250. The average Bonchev–Trinajstić information content (AvgIpc) is 2.93. The van der Waals surface area contributed by atoms with E-state index in [0.29, 0.717) is 17.7 Å². The largest absolute Gasteiger partial charge is 0.326 e. The highest BCUT2D eigenvalue weighted by molar-refractivity contribution is 7.71. The van der Waals surface area contributed by atoms with Crippen LogP contribution in [0.5, 0.6) is 0 Å². The summed E-state index contributed by atoms with van der Waals surface area (Å²) in [5.74, 6) is 0.696. The zero-order chi connectivity index (χ0) is 18.7. The highest BCUT2D eigenvalue weighted by atomic mass is 32.1. The maximum absolute atomic E-state index is 12.3. The van der Waals surface area contributed by atoms with Crippen molar-refractivity contribution in [2.24, 2.45) is 0 Å². The number of nitrogens with zero attached hydrogens (tertiary/aromatic N) is 2. The quantitative estimate of drug-likeness (QED) is 0.651. The molecule has 3 aromatic rings. The summed E-state index contributed by atoms with van der Waals surface area (Å²) in [4.78, 5) is 12.3. The number of carbonyl (C=O) groups is 1. The van der Waals surface area contributed by atoms with Gasteiger partial charge < -0.3 is 5.32 Å². The third kappa shape index (κ3) is 4.26. The second kappa shape index (κ2) is 7.66. The number of rotatable bonds is 5. The number of aromatic nitrogens is 3. The van der Waals surface area contributed by atoms with Gasteiger partial charge in [0.1, 0.15) is 0 Å². The fourth-order valence-corrected chi connectivity index (χ4v) is 3.16. The van der Waals surface area contributed by atoms with Gasteiger partial charge in [-0.25, -0.2) is 0 Å². The Morgan fingerprint density at radius 1 is 1.08 bits per heavy atom. The molecular formula is C20H22N4OS. The highest BCUT2D eigenvalue weighted by Crippen LogP contribution is 2.19. The first-order valence-electron chi connectivity index (χ1n) is 8.53. The number of amides is 1. The molecule has 2 aromatic carbocycles. The van der Waals surface area contributed by atoms with Crippen LogP contribution in [0.4, 0.5) is 5.69 Å². The third-order valence-electron chi connectivity index (χ3n) is 4.14. The van der Waals surface area contributed by atoms with Crippen molar-refractivity contribution >= 4 is 23.8 Å². The number of anilines is 1. The minimum absolute atomic E-state index is 0.0482. The fourth-order valence-electron chi connectivity index (χ4n) is 2.93. The Bertz CT molecular complexity index is 966. The Labute approximate surface area is 158 Å². The number of hydrogen-bond acceptors (Lipinski definition) is 3. The van der Waals surface area contributed by atoms with Crippen molar-refractivity contribution in [1.82, 2.24) is 14.8 Å². The minimum atomic E-state index is -0.0482. The van der Waals surface area contributed by atoms with Gasteiger partial charge in [-0.15, -0.1) is 0 Å². The van der Waals surface area contributed by atoms with Crippen molar-refractivity contribution in [1.29, 1.82) is 0 Å². The Morgan fingerprint density at radius 3 is 2.38 bits per heavy atom. The van der Waals surface area contributed by atoms with Crippen LogP contribution in [-0.2, 0) is 11.3 Å². The molecule has 3 rings (SSSR count). The molecule has 1 heterocycles. The van der Waals surface area contributed by atoms with E-state index in [1.807, 2.05) is 61.7 Å². The zero-order valence-corrected chi connectivity index (χ0v) is 16.0. The van der Waals surface area contributed by atoms with Crippen LogP contribution < -0.4 is 5.32 Å². The van der Waals surface area contributed by atoms with Gasteiger partial charge in [0, 0.05) is 24.2 Å². The first-order chi connectivity index (χ1) is 12.4. The molecule has 0 atom stereocenters. The minimum Gasteiger partial charge on any atom is -0.326 e. The van der Waals surface area contributed by atoms with Gasteiger partial charge in [-0.1, -0.05) is 35.9 Å². The van der Waals surface area contributed by atoms with Gasteiger partial charge in [-0.3, -0.25) is 14.5 Å². The SMILES string of the molecule is Cc1ccc(-c2n[nH]c(=S)n2CCC(=O)Nc2cc(C)cc(C)c2)cc1. The van der Waals surface area contributed by atoms with E-state index in [2.05, 4.69) is 21.6 Å². The van der Waals surface area contributed by atoms with E-state index >= 15 is 0 Å². The lowest BCUT2D eigenvalue weighted by Gasteiger charge is -2.09. The normalized spacial score (nSPS) is 10.7. The van der Waals surface area contributed by atoms with Crippen LogP contribution in [0.1, 0.15) is 23.1 Å². The zero-order valence-electron chi connectivity index (χ0n) is 15.2. The van der Waals surface area contributed by atoms with E-state index in [0.717, 1.165) is 28.2 Å². The third-order valence-corrected chi connectivity index (χ3v) is 4.45. The predicted octanol–water partition coefficient (Wildman–Crippen LogP) is 4.56. The maximum Gasteiger partial charge on any atom is 0.226 e. The molecule has 0 bridgehead atoms. The monoisotopic (exact) mass is 366 g/mol. The summed E-state index contributed by atoms with van der Waals surface area (Å²) >= 11 is 5.33. The molecule has 26 heavy (non-hydrogen) atoms. The second-order valence-corrected chi connectivity index (χ2v) is 6.93. The molecule has 0 unspecified atom stereocenters. The number of aromatic amines is 1. The molecule has 2 N–H and O–H groups in total. The predicted molar refractivity (Wildman–Crippen MR) is 107 cm³/mol. The number of H-pyrrole nitrogens is 1. The van der Waals surface area contributed by atoms with E-state index < -0.39 is 0 Å². The molecule has 0 saturated carbocycles. The van der Waals surface area contributed by atoms with E-state index in [-0.39, 0.29) is 5.91 Å². The summed E-state index contributed by atoms with van der Waals surface area (Å²) in [5, 5.41) is 10.1. The van der Waals surface area contributed by atoms with Gasteiger partial charge in [0.2, 0.25) is 5.91 Å². The van der Waals surface area contributed by atoms with Gasteiger partial charge in [-0.2, -0.15) is 5.10 Å². The van der Waals surface area contributed by atoms with Gasteiger partial charge >= 0.3 is 0 Å². The van der Waals surface area contributed by atoms with Crippen LogP contribution >= 0.6 is 12.2 Å². The van der Waals surface area contributed by atoms with Gasteiger partial charge in [0.05, 0.1) is 0 Å². The topological polar surface area (TPSA) is 62.7 Å². The first kappa shape index (κ1) is 18.1. The Hall–Kier alpha value is -2.73. The van der Waals surface area contributed by atoms with Crippen molar-refractivity contribution in [2.45, 2.75) is 33.7 Å². The molecule has 0 saturated heterocycles. The molecule has 0 aliphatic carbocycles. The van der Waals surface area contributed by atoms with E-state index in [1.54, 1.807) is 0 Å². The average molecular weight is 366 g/mol. The molecule has 5 nitrogen and oxygen atoms in total. The lowest BCUT2D eigenvalue weighted by Crippen LogP contribution is -2.15. The molecule has 1 amide bonds.